The molecule has 7 nitrogen and oxygen atoms in total. The first-order valence-corrected chi connectivity index (χ1v) is 14.4. The van der Waals surface area contributed by atoms with Crippen molar-refractivity contribution >= 4 is 50.7 Å². The molecule has 0 bridgehead atoms. The molecule has 2 amide bonds. The van der Waals surface area contributed by atoms with Crippen LogP contribution >= 0.6 is 23.2 Å². The van der Waals surface area contributed by atoms with Crippen LogP contribution < -0.4 is 9.62 Å². The Bertz CT molecular complexity index is 1240. The van der Waals surface area contributed by atoms with Crippen molar-refractivity contribution in [3.05, 3.63) is 63.6 Å². The zero-order valence-corrected chi connectivity index (χ0v) is 23.5. The smallest absolute Gasteiger partial charge is 0.354 e. The number of hydrogen-bond acceptors (Lipinski definition) is 4. The Morgan fingerprint density at radius 2 is 1.79 bits per heavy atom. The lowest BCUT2D eigenvalue weighted by atomic mass is 10.1. The lowest BCUT2D eigenvalue weighted by Crippen LogP contribution is -2.48. The van der Waals surface area contributed by atoms with Gasteiger partial charge in [0.25, 0.3) is 0 Å². The molecule has 0 radical (unpaired) electrons. The maximum atomic E-state index is 13.3. The molecule has 2 aromatic rings. The molecule has 2 aromatic carbocycles. The van der Waals surface area contributed by atoms with Crippen molar-refractivity contribution < 1.29 is 31.2 Å². The zero-order chi connectivity index (χ0) is 28.7. The van der Waals surface area contributed by atoms with E-state index < -0.39 is 33.7 Å². The van der Waals surface area contributed by atoms with Gasteiger partial charge in [0, 0.05) is 36.1 Å². The Morgan fingerprint density at radius 1 is 1.11 bits per heavy atom. The number of amides is 2. The first-order chi connectivity index (χ1) is 17.6. The Balaban J connectivity index is 2.23. The number of halogens is 5. The number of carbonyl (C=O) groups is 2. The number of nitrogens with one attached hydrogen (secondary N) is 1. The van der Waals surface area contributed by atoms with Crippen LogP contribution in [-0.4, -0.2) is 50.5 Å². The lowest BCUT2D eigenvalue weighted by Gasteiger charge is -2.30. The molecule has 0 spiro atoms. The normalized spacial score (nSPS) is 12.6. The maximum absolute atomic E-state index is 13.3. The summed E-state index contributed by atoms with van der Waals surface area (Å²) in [4.78, 5) is 27.2. The van der Waals surface area contributed by atoms with Gasteiger partial charge in [-0.3, -0.25) is 13.9 Å². The van der Waals surface area contributed by atoms with Gasteiger partial charge >= 0.3 is 6.18 Å². The summed E-state index contributed by atoms with van der Waals surface area (Å²) in [5.41, 5.74) is -0.592. The van der Waals surface area contributed by atoms with Crippen LogP contribution in [0, 0.1) is 0 Å². The molecule has 38 heavy (non-hydrogen) atoms. The molecule has 0 heterocycles. The van der Waals surface area contributed by atoms with Gasteiger partial charge in [0.2, 0.25) is 21.8 Å². The van der Waals surface area contributed by atoms with E-state index in [9.17, 15) is 31.2 Å². The molecule has 0 aliphatic carbocycles. The molecule has 0 aliphatic rings. The molecule has 2 rings (SSSR count). The molecule has 0 aliphatic heterocycles. The SMILES string of the molecule is CCCNC(=O)[C@H](C)N(Cc1ccc(Cl)cc1Cl)C(=O)CCCN(c1cccc(C(F)(F)F)c1)S(C)(=O)=O. The highest BCUT2D eigenvalue weighted by atomic mass is 35.5. The quantitative estimate of drug-likeness (QED) is 0.351. The molecule has 13 heteroatoms. The van der Waals surface area contributed by atoms with Gasteiger partial charge in [-0.1, -0.05) is 42.3 Å². The van der Waals surface area contributed by atoms with Crippen molar-refractivity contribution in [1.29, 1.82) is 0 Å². The minimum absolute atomic E-state index is 0.00103. The second kappa shape index (κ2) is 13.5. The van der Waals surface area contributed by atoms with E-state index in [0.717, 1.165) is 28.8 Å². The average molecular weight is 596 g/mol. The molecular formula is C25H30Cl2F3N3O4S. The van der Waals surface area contributed by atoms with Gasteiger partial charge in [-0.2, -0.15) is 13.2 Å². The van der Waals surface area contributed by atoms with Crippen LogP contribution in [-0.2, 0) is 32.3 Å². The summed E-state index contributed by atoms with van der Waals surface area (Å²) in [7, 11) is -3.95. The second-order valence-electron chi connectivity index (χ2n) is 8.71. The lowest BCUT2D eigenvalue weighted by molar-refractivity contribution is -0.140. The van der Waals surface area contributed by atoms with E-state index in [1.54, 1.807) is 19.1 Å². The van der Waals surface area contributed by atoms with Gasteiger partial charge in [0.1, 0.15) is 6.04 Å². The van der Waals surface area contributed by atoms with Crippen LogP contribution in [0.5, 0.6) is 0 Å². The molecule has 1 N–H and O–H groups in total. The van der Waals surface area contributed by atoms with Crippen molar-refractivity contribution in [2.45, 2.75) is 51.9 Å². The molecule has 1 atom stereocenters. The van der Waals surface area contributed by atoms with Crippen LogP contribution in [0.15, 0.2) is 42.5 Å². The Labute approximate surface area is 230 Å². The fraction of sp³-hybridized carbons (Fsp3) is 0.440. The van der Waals surface area contributed by atoms with Crippen LogP contribution in [0.1, 0.15) is 44.2 Å². The van der Waals surface area contributed by atoms with E-state index in [4.69, 9.17) is 23.2 Å². The number of carbonyl (C=O) groups excluding carboxylic acids is 2. The number of alkyl halides is 3. The van der Waals surface area contributed by atoms with E-state index >= 15 is 0 Å². The van der Waals surface area contributed by atoms with Gasteiger partial charge in [-0.05, 0) is 55.7 Å². The first kappa shape index (κ1) is 31.7. The summed E-state index contributed by atoms with van der Waals surface area (Å²) in [6, 6.07) is 7.86. The number of anilines is 1. The second-order valence-corrected chi connectivity index (χ2v) is 11.5. The summed E-state index contributed by atoms with van der Waals surface area (Å²) < 4.78 is 65.0. The van der Waals surface area contributed by atoms with Gasteiger partial charge in [-0.15, -0.1) is 0 Å². The fourth-order valence-corrected chi connectivity index (χ4v) is 5.08. The highest BCUT2D eigenvalue weighted by Gasteiger charge is 2.32. The first-order valence-electron chi connectivity index (χ1n) is 11.8. The largest absolute Gasteiger partial charge is 0.416 e. The molecule has 210 valence electrons. The summed E-state index contributed by atoms with van der Waals surface area (Å²) in [6.07, 6.45) is -3.23. The molecular weight excluding hydrogens is 566 g/mol. The fourth-order valence-electron chi connectivity index (χ4n) is 3.65. The monoisotopic (exact) mass is 595 g/mol. The van der Waals surface area contributed by atoms with Crippen molar-refractivity contribution in [2.75, 3.05) is 23.7 Å². The van der Waals surface area contributed by atoms with Gasteiger partial charge < -0.3 is 10.2 Å². The standard InChI is InChI=1S/C25H30Cl2F3N3O4S/c1-4-12-31-24(35)17(2)32(16-18-10-11-20(26)15-22(18)27)23(34)9-6-13-33(38(3,36)37)21-8-5-7-19(14-21)25(28,29)30/h5,7-8,10-11,14-15,17H,4,6,9,12-13,16H2,1-3H3,(H,31,35)/t17-/m0/s1. The van der Waals surface area contributed by atoms with Gasteiger partial charge in [0.05, 0.1) is 17.5 Å². The van der Waals surface area contributed by atoms with Crippen LogP contribution in [0.25, 0.3) is 0 Å². The van der Waals surface area contributed by atoms with Crippen LogP contribution in [0.2, 0.25) is 10.0 Å². The van der Waals surface area contributed by atoms with E-state index in [-0.39, 0.29) is 37.5 Å². The summed E-state index contributed by atoms with van der Waals surface area (Å²) in [5.74, 6) is -0.820. The van der Waals surface area contributed by atoms with E-state index in [1.807, 2.05) is 6.92 Å². The van der Waals surface area contributed by atoms with E-state index in [1.165, 1.54) is 17.0 Å². The van der Waals surface area contributed by atoms with Crippen molar-refractivity contribution in [3.63, 3.8) is 0 Å². The number of sulfonamides is 1. The predicted octanol–water partition coefficient (Wildman–Crippen LogP) is 5.50. The molecule has 0 unspecified atom stereocenters. The predicted molar refractivity (Wildman–Crippen MR) is 143 cm³/mol. The third-order valence-corrected chi connectivity index (χ3v) is 7.47. The summed E-state index contributed by atoms with van der Waals surface area (Å²) in [6.45, 7) is 3.64. The van der Waals surface area contributed by atoms with Crippen molar-refractivity contribution in [1.82, 2.24) is 10.2 Å². The third kappa shape index (κ3) is 9.06. The number of hydrogen-bond donors (Lipinski definition) is 1. The highest BCUT2D eigenvalue weighted by molar-refractivity contribution is 7.92. The van der Waals surface area contributed by atoms with Crippen LogP contribution in [0.4, 0.5) is 18.9 Å². The summed E-state index contributed by atoms with van der Waals surface area (Å²) >= 11 is 12.2. The highest BCUT2D eigenvalue weighted by Crippen LogP contribution is 2.32. The molecule has 0 aromatic heterocycles. The third-order valence-electron chi connectivity index (χ3n) is 5.69. The Morgan fingerprint density at radius 3 is 2.37 bits per heavy atom. The molecule has 0 saturated heterocycles. The minimum Gasteiger partial charge on any atom is -0.354 e. The number of rotatable bonds is 12. The molecule has 0 saturated carbocycles. The summed E-state index contributed by atoms with van der Waals surface area (Å²) in [5, 5.41) is 3.46. The van der Waals surface area contributed by atoms with E-state index in [2.05, 4.69) is 5.32 Å². The Kier molecular flexibility index (Phi) is 11.3. The zero-order valence-electron chi connectivity index (χ0n) is 21.2. The van der Waals surface area contributed by atoms with Crippen molar-refractivity contribution in [2.24, 2.45) is 0 Å². The van der Waals surface area contributed by atoms with Gasteiger partial charge in [0.15, 0.2) is 0 Å². The van der Waals surface area contributed by atoms with E-state index in [0.29, 0.717) is 28.6 Å². The van der Waals surface area contributed by atoms with Gasteiger partial charge in [-0.25, -0.2) is 8.42 Å². The number of benzene rings is 2. The topological polar surface area (TPSA) is 86.8 Å². The van der Waals surface area contributed by atoms with Crippen LogP contribution in [0.3, 0.4) is 0 Å². The average Bonchev–Trinajstić information content (AvgIpc) is 2.83. The number of nitrogens with zero attached hydrogens (tertiary/aromatic N) is 2. The maximum Gasteiger partial charge on any atom is 0.416 e. The molecule has 0 fully saturated rings. The Hall–Kier alpha value is -2.50. The minimum atomic E-state index is -4.65. The van der Waals surface area contributed by atoms with Crippen molar-refractivity contribution in [3.8, 4) is 0 Å².